The number of carbonyl (C=O) groups excluding carboxylic acids is 1. The zero-order valence-electron chi connectivity index (χ0n) is 21.3. The number of nitrogens with zero attached hydrogens (tertiary/aromatic N) is 1. The van der Waals surface area contributed by atoms with Crippen LogP contribution < -0.4 is 4.72 Å². The van der Waals surface area contributed by atoms with Crippen molar-refractivity contribution in [2.45, 2.75) is 62.4 Å². The molecule has 7 nitrogen and oxygen atoms in total. The first-order chi connectivity index (χ1) is 17.9. The summed E-state index contributed by atoms with van der Waals surface area (Å²) in [5.74, 6) is 0.815. The lowest BCUT2D eigenvalue weighted by molar-refractivity contribution is -0.146. The molecule has 2 N–H and O–H groups in total. The molecular formula is C29H35N3O4S. The molecule has 2 heterocycles. The first-order valence-electron chi connectivity index (χ1n) is 13.5. The van der Waals surface area contributed by atoms with Crippen LogP contribution >= 0.6 is 0 Å². The highest BCUT2D eigenvalue weighted by molar-refractivity contribution is 7.89. The molecule has 196 valence electrons. The van der Waals surface area contributed by atoms with Crippen LogP contribution in [0, 0.1) is 18.8 Å². The lowest BCUT2D eigenvalue weighted by Crippen LogP contribution is -2.52. The second-order valence-electron chi connectivity index (χ2n) is 10.9. The van der Waals surface area contributed by atoms with Crippen LogP contribution in [0.5, 0.6) is 0 Å². The maximum atomic E-state index is 13.3. The van der Waals surface area contributed by atoms with Crippen molar-refractivity contribution in [2.75, 3.05) is 19.8 Å². The van der Waals surface area contributed by atoms with Crippen molar-refractivity contribution in [3.8, 4) is 11.3 Å². The lowest BCUT2D eigenvalue weighted by atomic mass is 9.85. The molecule has 2 aliphatic carbocycles. The van der Waals surface area contributed by atoms with Crippen molar-refractivity contribution in [3.63, 3.8) is 0 Å². The van der Waals surface area contributed by atoms with E-state index in [0.29, 0.717) is 38.5 Å². The molecular weight excluding hydrogens is 486 g/mol. The third-order valence-electron chi connectivity index (χ3n) is 8.42. The number of rotatable bonds is 6. The van der Waals surface area contributed by atoms with Gasteiger partial charge in [0.25, 0.3) is 0 Å². The van der Waals surface area contributed by atoms with E-state index in [4.69, 9.17) is 4.74 Å². The van der Waals surface area contributed by atoms with Gasteiger partial charge in [0.05, 0.1) is 24.2 Å². The molecule has 6 rings (SSSR count). The first-order valence-corrected chi connectivity index (χ1v) is 15.0. The largest absolute Gasteiger partial charge is 0.377 e. The van der Waals surface area contributed by atoms with Crippen LogP contribution in [0.25, 0.3) is 22.2 Å². The number of morpholine rings is 1. The number of sulfonamides is 1. The minimum absolute atomic E-state index is 0.0187. The number of hydrogen-bond acceptors (Lipinski definition) is 4. The smallest absolute Gasteiger partial charge is 0.240 e. The number of aromatic amines is 1. The Labute approximate surface area is 218 Å². The number of fused-ring (bicyclic) bond motifs is 1. The number of hydrogen-bond donors (Lipinski definition) is 2. The van der Waals surface area contributed by atoms with Gasteiger partial charge in [0, 0.05) is 35.1 Å². The fourth-order valence-electron chi connectivity index (χ4n) is 6.13. The van der Waals surface area contributed by atoms with E-state index in [2.05, 4.69) is 21.5 Å². The molecule has 2 saturated carbocycles. The third-order valence-corrected chi connectivity index (χ3v) is 9.93. The van der Waals surface area contributed by atoms with Crippen LogP contribution in [-0.4, -0.2) is 56.1 Å². The quantitative estimate of drug-likeness (QED) is 0.495. The minimum Gasteiger partial charge on any atom is -0.377 e. The fourth-order valence-corrected chi connectivity index (χ4v) is 7.46. The second-order valence-corrected chi connectivity index (χ2v) is 12.6. The highest BCUT2D eigenvalue weighted by atomic mass is 32.2. The summed E-state index contributed by atoms with van der Waals surface area (Å²) in [5, 5.41) is 1.02. The van der Waals surface area contributed by atoms with Gasteiger partial charge in [0.2, 0.25) is 15.9 Å². The number of carbonyl (C=O) groups is 1. The predicted molar refractivity (Wildman–Crippen MR) is 144 cm³/mol. The Bertz CT molecular complexity index is 1390. The number of nitrogens with one attached hydrogen (secondary N) is 2. The molecule has 1 atom stereocenters. The molecule has 1 aromatic heterocycles. The maximum absolute atomic E-state index is 13.3. The van der Waals surface area contributed by atoms with Crippen LogP contribution in [0.1, 0.15) is 44.1 Å². The Morgan fingerprint density at radius 1 is 1.03 bits per heavy atom. The van der Waals surface area contributed by atoms with E-state index < -0.39 is 10.0 Å². The molecule has 0 unspecified atom stereocenters. The molecule has 1 amide bonds. The van der Waals surface area contributed by atoms with Gasteiger partial charge in [-0.2, -0.15) is 0 Å². The summed E-state index contributed by atoms with van der Waals surface area (Å²) < 4.78 is 35.1. The van der Waals surface area contributed by atoms with Crippen molar-refractivity contribution >= 4 is 26.8 Å². The normalized spacial score (nSPS) is 24.9. The number of aryl methyl sites for hydroxylation is 1. The molecule has 8 heteroatoms. The van der Waals surface area contributed by atoms with Crippen LogP contribution in [0.4, 0.5) is 0 Å². The highest BCUT2D eigenvalue weighted by Crippen LogP contribution is 2.38. The summed E-state index contributed by atoms with van der Waals surface area (Å²) in [6.45, 7) is 4.00. The summed E-state index contributed by atoms with van der Waals surface area (Å²) in [4.78, 5) is 19.0. The van der Waals surface area contributed by atoms with Crippen LogP contribution in [0.2, 0.25) is 0 Å². The number of ether oxygens (including phenoxy) is 1. The third kappa shape index (κ3) is 4.94. The van der Waals surface area contributed by atoms with Gasteiger partial charge in [-0.25, -0.2) is 13.1 Å². The summed E-state index contributed by atoms with van der Waals surface area (Å²) in [7, 11) is -3.67. The first kappa shape index (κ1) is 24.6. The molecule has 0 radical (unpaired) electrons. The molecule has 3 aliphatic rings. The Morgan fingerprint density at radius 2 is 1.78 bits per heavy atom. The van der Waals surface area contributed by atoms with Gasteiger partial charge in [0.15, 0.2) is 0 Å². The van der Waals surface area contributed by atoms with Gasteiger partial charge < -0.3 is 14.6 Å². The van der Waals surface area contributed by atoms with Gasteiger partial charge in [-0.1, -0.05) is 36.4 Å². The number of benzene rings is 2. The molecule has 2 aromatic carbocycles. The zero-order chi connectivity index (χ0) is 25.6. The van der Waals surface area contributed by atoms with E-state index in [1.165, 1.54) is 12.8 Å². The molecule has 1 saturated heterocycles. The van der Waals surface area contributed by atoms with E-state index in [9.17, 15) is 13.2 Å². The molecule has 1 aliphatic heterocycles. The Balaban J connectivity index is 1.12. The van der Waals surface area contributed by atoms with Gasteiger partial charge in [0.1, 0.15) is 0 Å². The van der Waals surface area contributed by atoms with Crippen LogP contribution in [0.15, 0.2) is 53.4 Å². The van der Waals surface area contributed by atoms with E-state index in [1.54, 1.807) is 12.1 Å². The molecule has 37 heavy (non-hydrogen) atoms. The summed E-state index contributed by atoms with van der Waals surface area (Å²) in [5.41, 5.74) is 3.99. The van der Waals surface area contributed by atoms with Crippen LogP contribution in [-0.2, 0) is 19.6 Å². The van der Waals surface area contributed by atoms with E-state index in [1.807, 2.05) is 36.4 Å². The number of aromatic nitrogens is 1. The van der Waals surface area contributed by atoms with Crippen LogP contribution in [0.3, 0.4) is 0 Å². The van der Waals surface area contributed by atoms with Crippen molar-refractivity contribution in [1.82, 2.24) is 14.6 Å². The second kappa shape index (κ2) is 9.89. The zero-order valence-corrected chi connectivity index (χ0v) is 22.1. The average molecular weight is 522 g/mol. The topological polar surface area (TPSA) is 91.5 Å². The fraction of sp³-hybridized carbons (Fsp3) is 0.483. The van der Waals surface area contributed by atoms with Crippen molar-refractivity contribution in [3.05, 3.63) is 54.1 Å². The van der Waals surface area contributed by atoms with Crippen molar-refractivity contribution < 1.29 is 17.9 Å². The average Bonchev–Trinajstić information content (AvgIpc) is 3.72. The molecule has 0 bridgehead atoms. The Kier molecular flexibility index (Phi) is 6.59. The van der Waals surface area contributed by atoms with Crippen molar-refractivity contribution in [1.29, 1.82) is 0 Å². The monoisotopic (exact) mass is 521 g/mol. The summed E-state index contributed by atoms with van der Waals surface area (Å²) in [6.07, 6.45) is 5.17. The Hall–Kier alpha value is -2.68. The van der Waals surface area contributed by atoms with Gasteiger partial charge in [-0.3, -0.25) is 4.79 Å². The molecule has 0 spiro atoms. The van der Waals surface area contributed by atoms with Gasteiger partial charge >= 0.3 is 0 Å². The van der Waals surface area contributed by atoms with E-state index in [0.717, 1.165) is 40.6 Å². The summed E-state index contributed by atoms with van der Waals surface area (Å²) >= 11 is 0. The van der Waals surface area contributed by atoms with Crippen molar-refractivity contribution in [2.24, 2.45) is 11.8 Å². The van der Waals surface area contributed by atoms with E-state index in [-0.39, 0.29) is 28.8 Å². The maximum Gasteiger partial charge on any atom is 0.240 e. The van der Waals surface area contributed by atoms with Gasteiger partial charge in [-0.15, -0.1) is 0 Å². The van der Waals surface area contributed by atoms with Gasteiger partial charge in [-0.05, 0) is 74.6 Å². The number of H-pyrrole nitrogens is 1. The SMILES string of the molecule is Cc1c(-c2ccccc2)[nH]c2cc(S(=O)(=O)N[C@H]3CC[C@H](C(=O)N4CCOC[C@@H]4C4CC4)CC3)ccc12. The Morgan fingerprint density at radius 3 is 2.51 bits per heavy atom. The number of amides is 1. The molecule has 3 aromatic rings. The predicted octanol–water partition coefficient (Wildman–Crippen LogP) is 4.62. The lowest BCUT2D eigenvalue weighted by Gasteiger charge is -2.39. The summed E-state index contributed by atoms with van der Waals surface area (Å²) in [6, 6.07) is 15.4. The van der Waals surface area contributed by atoms with E-state index >= 15 is 0 Å². The highest BCUT2D eigenvalue weighted by Gasteiger charge is 2.41. The minimum atomic E-state index is -3.67. The standard InChI is InChI=1S/C29H35N3O4S/c1-19-25-14-13-24(17-26(25)30-28(19)21-5-3-2-4-6-21)37(34,35)31-23-11-9-22(10-12-23)29(33)32-15-16-36-18-27(32)20-7-8-20/h2-6,13-14,17,20,22-23,27,30-31H,7-12,15-16,18H2,1H3/t22-,23-,27-/m1/s1. The molecule has 3 fully saturated rings.